The van der Waals surface area contributed by atoms with Crippen molar-refractivity contribution in [1.29, 1.82) is 0 Å². The van der Waals surface area contributed by atoms with Crippen LogP contribution in [0.5, 0.6) is 0 Å². The lowest BCUT2D eigenvalue weighted by atomic mass is 9.87. The van der Waals surface area contributed by atoms with Crippen LogP contribution in [-0.2, 0) is 6.42 Å². The molecule has 0 saturated heterocycles. The van der Waals surface area contributed by atoms with Crippen molar-refractivity contribution in [3.8, 4) is 0 Å². The Bertz CT molecular complexity index is 828. The van der Waals surface area contributed by atoms with Gasteiger partial charge in [0.1, 0.15) is 0 Å². The fourth-order valence-electron chi connectivity index (χ4n) is 2.66. The van der Waals surface area contributed by atoms with Gasteiger partial charge in [-0.15, -0.1) is 0 Å². The highest BCUT2D eigenvalue weighted by molar-refractivity contribution is 5.29. The van der Waals surface area contributed by atoms with Gasteiger partial charge in [0.15, 0.2) is 0 Å². The number of benzene rings is 1. The van der Waals surface area contributed by atoms with Gasteiger partial charge in [-0.3, -0.25) is 0 Å². The van der Waals surface area contributed by atoms with E-state index in [0.717, 1.165) is 18.2 Å². The molecule has 1 aromatic carbocycles. The molecular weight excluding hydrogens is 505 g/mol. The number of aryl methyl sites for hydroxylation is 1. The molecule has 0 radical (unpaired) electrons. The Morgan fingerprint density at radius 2 is 1.03 bits per heavy atom. The number of aliphatic hydroxyl groups excluding tert-OH is 1. The van der Waals surface area contributed by atoms with E-state index in [2.05, 4.69) is 0 Å². The quantitative estimate of drug-likeness (QED) is 0.348. The van der Waals surface area contributed by atoms with E-state index in [-0.39, 0.29) is 12.0 Å². The molecule has 0 aromatic heterocycles. The molecule has 192 valence electrons. The van der Waals surface area contributed by atoms with E-state index >= 15 is 0 Å². The molecule has 0 spiro atoms. The summed E-state index contributed by atoms with van der Waals surface area (Å²) >= 11 is 0. The molecule has 0 aliphatic rings. The molecule has 1 nitrogen and oxygen atoms in total. The lowest BCUT2D eigenvalue weighted by Gasteiger charge is -2.41. The Labute approximate surface area is 175 Å². The van der Waals surface area contributed by atoms with Crippen LogP contribution in [0.4, 0.5) is 65.9 Å². The topological polar surface area (TPSA) is 20.2 Å². The fraction of sp³-hybridized carbons (Fsp3) is 0.647. The second-order valence-electron chi connectivity index (χ2n) is 6.85. The normalized spacial score (nSPS) is 16.2. The molecule has 1 N–H and O–H groups in total. The third-order valence-electron chi connectivity index (χ3n) is 4.64. The third-order valence-corrected chi connectivity index (χ3v) is 4.64. The van der Waals surface area contributed by atoms with Crippen LogP contribution in [0.15, 0.2) is 24.3 Å². The number of aliphatic hydroxyl groups is 1. The van der Waals surface area contributed by atoms with Gasteiger partial charge in [-0.25, -0.2) is 0 Å². The van der Waals surface area contributed by atoms with Gasteiger partial charge in [0, 0.05) is 6.42 Å². The van der Waals surface area contributed by atoms with Gasteiger partial charge in [-0.2, -0.15) is 65.9 Å². The van der Waals surface area contributed by atoms with Gasteiger partial charge in [0.05, 0.1) is 6.10 Å². The second kappa shape index (κ2) is 8.41. The lowest BCUT2D eigenvalue weighted by Crippen LogP contribution is -2.72. The van der Waals surface area contributed by atoms with Crippen molar-refractivity contribution in [3.63, 3.8) is 0 Å². The molecule has 0 saturated carbocycles. The van der Waals surface area contributed by atoms with Crippen molar-refractivity contribution in [2.45, 2.75) is 67.6 Å². The molecule has 16 heteroatoms. The minimum atomic E-state index is -8.34. The molecule has 0 aliphatic carbocycles. The highest BCUT2D eigenvalue weighted by Crippen LogP contribution is 2.63. The molecule has 1 atom stereocenters. The van der Waals surface area contributed by atoms with Crippen LogP contribution in [0.2, 0.25) is 0 Å². The van der Waals surface area contributed by atoms with Crippen LogP contribution in [0.1, 0.15) is 30.6 Å². The molecule has 1 unspecified atom stereocenters. The average Bonchev–Trinajstić information content (AvgIpc) is 2.65. The van der Waals surface area contributed by atoms with Crippen molar-refractivity contribution in [3.05, 3.63) is 35.4 Å². The molecule has 33 heavy (non-hydrogen) atoms. The zero-order valence-electron chi connectivity index (χ0n) is 15.9. The first-order valence-electron chi connectivity index (χ1n) is 8.53. The summed E-state index contributed by atoms with van der Waals surface area (Å²) in [5, 5.41) is 9.73. The van der Waals surface area contributed by atoms with Crippen LogP contribution in [0.25, 0.3) is 0 Å². The Balaban J connectivity index is 3.48. The minimum absolute atomic E-state index is 0.00226. The lowest BCUT2D eigenvalue weighted by molar-refractivity contribution is -0.453. The first-order chi connectivity index (χ1) is 14.4. The van der Waals surface area contributed by atoms with Gasteiger partial charge in [-0.05, 0) is 17.5 Å². The zero-order valence-corrected chi connectivity index (χ0v) is 15.9. The maximum atomic E-state index is 13.9. The van der Waals surface area contributed by atoms with Crippen LogP contribution < -0.4 is 0 Å². The van der Waals surface area contributed by atoms with Crippen LogP contribution in [0, 0.1) is 0 Å². The number of hydrogen-bond acceptors (Lipinski definition) is 1. The van der Waals surface area contributed by atoms with Gasteiger partial charge in [0.2, 0.25) is 0 Å². The Morgan fingerprint density at radius 1 is 0.636 bits per heavy atom. The Kier molecular flexibility index (Phi) is 7.43. The van der Waals surface area contributed by atoms with E-state index in [0.29, 0.717) is 0 Å². The van der Waals surface area contributed by atoms with Gasteiger partial charge >= 0.3 is 41.7 Å². The highest BCUT2D eigenvalue weighted by atomic mass is 19.4. The van der Waals surface area contributed by atoms with Gasteiger partial charge < -0.3 is 5.11 Å². The van der Waals surface area contributed by atoms with E-state index in [1.54, 1.807) is 0 Å². The SMILES string of the molecule is CCc1ccccc1C(O)CC(F)(F)C(F)(F)C(F)(F)C(F)(F)C(F)(F)C(F)(F)C(F)(F)F. The fourth-order valence-corrected chi connectivity index (χ4v) is 2.66. The minimum Gasteiger partial charge on any atom is -0.388 e. The number of alkyl halides is 15. The van der Waals surface area contributed by atoms with Gasteiger partial charge in [0.25, 0.3) is 0 Å². The maximum Gasteiger partial charge on any atom is 0.460 e. The van der Waals surface area contributed by atoms with Crippen LogP contribution in [0.3, 0.4) is 0 Å². The number of rotatable bonds is 9. The smallest absolute Gasteiger partial charge is 0.388 e. The largest absolute Gasteiger partial charge is 0.460 e. The van der Waals surface area contributed by atoms with E-state index in [1.165, 1.54) is 13.0 Å². The third kappa shape index (κ3) is 4.34. The summed E-state index contributed by atoms with van der Waals surface area (Å²) in [4.78, 5) is 0. The first kappa shape index (κ1) is 29.2. The molecule has 1 rings (SSSR count). The predicted octanol–water partition coefficient (Wildman–Crippen LogP) is 7.05. The Morgan fingerprint density at radius 3 is 1.45 bits per heavy atom. The Hall–Kier alpha value is -1.87. The van der Waals surface area contributed by atoms with Crippen molar-refractivity contribution in [1.82, 2.24) is 0 Å². The van der Waals surface area contributed by atoms with Crippen molar-refractivity contribution in [2.24, 2.45) is 0 Å². The summed E-state index contributed by atoms with van der Waals surface area (Å²) in [5.41, 5.74) is -0.572. The van der Waals surface area contributed by atoms with E-state index < -0.39 is 59.8 Å². The summed E-state index contributed by atoms with van der Waals surface area (Å²) in [5.74, 6) is -46.9. The van der Waals surface area contributed by atoms with Crippen LogP contribution in [-0.4, -0.2) is 46.8 Å². The van der Waals surface area contributed by atoms with E-state index in [9.17, 15) is 71.0 Å². The second-order valence-corrected chi connectivity index (χ2v) is 6.85. The summed E-state index contributed by atoms with van der Waals surface area (Å²) < 4.78 is 198. The van der Waals surface area contributed by atoms with Crippen LogP contribution >= 0.6 is 0 Å². The predicted molar refractivity (Wildman–Crippen MR) is 81.1 cm³/mol. The summed E-state index contributed by atoms with van der Waals surface area (Å²) in [7, 11) is 0. The van der Waals surface area contributed by atoms with E-state index in [1.807, 2.05) is 0 Å². The zero-order chi connectivity index (χ0) is 26.5. The standard InChI is InChI=1S/C17H13F15O/c1-2-8-5-3-4-6-9(8)10(33)7-11(18,19)12(20,21)13(22,23)14(24,25)15(26,27)16(28,29)17(30,31)32/h3-6,10,33H,2,7H2,1H3. The molecule has 0 fully saturated rings. The molecule has 0 bridgehead atoms. The molecule has 0 amide bonds. The van der Waals surface area contributed by atoms with Crippen molar-refractivity contribution in [2.75, 3.05) is 0 Å². The molecule has 0 aliphatic heterocycles. The molecule has 1 aromatic rings. The summed E-state index contributed by atoms with van der Waals surface area (Å²) in [6.45, 7) is 1.37. The van der Waals surface area contributed by atoms with Crippen molar-refractivity contribution < 1.29 is 71.0 Å². The highest BCUT2D eigenvalue weighted by Gasteiger charge is 2.93. The van der Waals surface area contributed by atoms with E-state index in [4.69, 9.17) is 0 Å². The number of halogens is 15. The molecular formula is C17H13F15O. The average molecular weight is 518 g/mol. The maximum absolute atomic E-state index is 13.9. The van der Waals surface area contributed by atoms with Gasteiger partial charge in [-0.1, -0.05) is 31.2 Å². The van der Waals surface area contributed by atoms with Crippen molar-refractivity contribution >= 4 is 0 Å². The number of hydrogen-bond donors (Lipinski definition) is 1. The first-order valence-corrected chi connectivity index (χ1v) is 8.53. The summed E-state index contributed by atoms with van der Waals surface area (Å²) in [6, 6.07) is 4.36. The monoisotopic (exact) mass is 518 g/mol. The summed E-state index contributed by atoms with van der Waals surface area (Å²) in [6.07, 6.45) is -13.3. The molecule has 0 heterocycles.